The van der Waals surface area contributed by atoms with Gasteiger partial charge >= 0.3 is 5.97 Å². The van der Waals surface area contributed by atoms with Crippen molar-refractivity contribution in [3.05, 3.63) is 58.2 Å². The molecule has 0 unspecified atom stereocenters. The molecule has 0 amide bonds. The molecule has 0 saturated carbocycles. The van der Waals surface area contributed by atoms with Gasteiger partial charge < -0.3 is 29.2 Å². The molecule has 32 heavy (non-hydrogen) atoms. The normalized spacial score (nSPS) is 15.9. The highest BCUT2D eigenvalue weighted by Crippen LogP contribution is 2.42. The monoisotopic (exact) mass is 457 g/mol. The average Bonchev–Trinajstić information content (AvgIpc) is 3.09. The van der Waals surface area contributed by atoms with Crippen molar-refractivity contribution < 1.29 is 34.0 Å². The summed E-state index contributed by atoms with van der Waals surface area (Å²) in [7, 11) is 4.55. The molecule has 0 spiro atoms. The minimum absolute atomic E-state index is 0.00494. The minimum atomic E-state index is -0.699. The number of carbonyl (C=O) groups excluding carboxylic acids is 1. The lowest BCUT2D eigenvalue weighted by molar-refractivity contribution is -0.138. The van der Waals surface area contributed by atoms with Gasteiger partial charge in [0.2, 0.25) is 0 Å². The maximum absolute atomic E-state index is 12.6. The Morgan fingerprint density at radius 1 is 1.03 bits per heavy atom. The standard InChI is InChI=1S/C23H23NO7S/c1-5-31-23(27)20-21(26)19(11-13-10-15(28-2)7-8-16(13)25)32-22(20)24-14-6-9-17(29-3)18(12-14)30-4/h6-12,25-26H,5H2,1-4H3/b19-11+,24-22?. The Kier molecular flexibility index (Phi) is 7.32. The van der Waals surface area contributed by atoms with E-state index in [4.69, 9.17) is 18.9 Å². The summed E-state index contributed by atoms with van der Waals surface area (Å²) in [5.74, 6) is 0.555. The van der Waals surface area contributed by atoms with Crippen LogP contribution < -0.4 is 14.2 Å². The van der Waals surface area contributed by atoms with E-state index in [-0.39, 0.29) is 28.7 Å². The summed E-state index contributed by atoms with van der Waals surface area (Å²) in [4.78, 5) is 17.4. The van der Waals surface area contributed by atoms with E-state index >= 15 is 0 Å². The van der Waals surface area contributed by atoms with Gasteiger partial charge in [0.15, 0.2) is 11.5 Å². The molecule has 2 aromatic carbocycles. The van der Waals surface area contributed by atoms with E-state index in [9.17, 15) is 15.0 Å². The van der Waals surface area contributed by atoms with Crippen LogP contribution in [-0.4, -0.2) is 49.2 Å². The summed E-state index contributed by atoms with van der Waals surface area (Å²) >= 11 is 1.08. The number of hydrogen-bond donors (Lipinski definition) is 2. The molecule has 0 aliphatic carbocycles. The predicted molar refractivity (Wildman–Crippen MR) is 123 cm³/mol. The predicted octanol–water partition coefficient (Wildman–Crippen LogP) is 4.61. The molecule has 1 aliphatic rings. The van der Waals surface area contributed by atoms with Gasteiger partial charge in [-0.3, -0.25) is 0 Å². The Bertz CT molecular complexity index is 1120. The van der Waals surface area contributed by atoms with Gasteiger partial charge in [-0.1, -0.05) is 11.8 Å². The number of methoxy groups -OCH3 is 3. The van der Waals surface area contributed by atoms with E-state index in [1.54, 1.807) is 43.3 Å². The number of thioether (sulfide) groups is 1. The van der Waals surface area contributed by atoms with Crippen LogP contribution in [0.5, 0.6) is 23.0 Å². The lowest BCUT2D eigenvalue weighted by Gasteiger charge is -2.08. The van der Waals surface area contributed by atoms with Crippen molar-refractivity contribution in [2.24, 2.45) is 4.99 Å². The second-order valence-corrected chi connectivity index (χ2v) is 7.47. The summed E-state index contributed by atoms with van der Waals surface area (Å²) in [6.07, 6.45) is 1.55. The van der Waals surface area contributed by atoms with Crippen LogP contribution in [0.15, 0.2) is 57.6 Å². The van der Waals surface area contributed by atoms with E-state index in [1.165, 1.54) is 27.4 Å². The number of hydrogen-bond acceptors (Lipinski definition) is 9. The van der Waals surface area contributed by atoms with E-state index in [1.807, 2.05) is 0 Å². The third kappa shape index (κ3) is 4.83. The zero-order valence-electron chi connectivity index (χ0n) is 18.0. The summed E-state index contributed by atoms with van der Waals surface area (Å²) in [5.41, 5.74) is 0.847. The van der Waals surface area contributed by atoms with E-state index in [0.717, 1.165) is 11.8 Å². The lowest BCUT2D eigenvalue weighted by Crippen LogP contribution is -2.12. The summed E-state index contributed by atoms with van der Waals surface area (Å²) in [6.45, 7) is 1.81. The Morgan fingerprint density at radius 2 is 1.78 bits per heavy atom. The van der Waals surface area contributed by atoms with Crippen molar-refractivity contribution in [3.63, 3.8) is 0 Å². The second kappa shape index (κ2) is 10.1. The van der Waals surface area contributed by atoms with Crippen molar-refractivity contribution >= 4 is 34.5 Å². The molecule has 1 heterocycles. The number of ether oxygens (including phenoxy) is 4. The fraction of sp³-hybridized carbons (Fsp3) is 0.217. The largest absolute Gasteiger partial charge is 0.507 e. The first-order valence-corrected chi connectivity index (χ1v) is 10.4. The molecule has 0 fully saturated rings. The molecular weight excluding hydrogens is 434 g/mol. The van der Waals surface area contributed by atoms with Gasteiger partial charge in [0.05, 0.1) is 38.5 Å². The molecule has 1 aliphatic heterocycles. The Hall–Kier alpha value is -3.59. The van der Waals surface area contributed by atoms with Gasteiger partial charge in [0.25, 0.3) is 0 Å². The number of phenolic OH excluding ortho intramolecular Hbond substituents is 1. The molecular formula is C23H23NO7S. The number of aliphatic hydroxyl groups is 1. The molecule has 8 nitrogen and oxygen atoms in total. The van der Waals surface area contributed by atoms with Crippen molar-refractivity contribution in [1.82, 2.24) is 0 Å². The van der Waals surface area contributed by atoms with Crippen molar-refractivity contribution in [1.29, 1.82) is 0 Å². The van der Waals surface area contributed by atoms with Crippen molar-refractivity contribution in [2.45, 2.75) is 6.92 Å². The zero-order valence-corrected chi connectivity index (χ0v) is 18.9. The number of benzene rings is 2. The second-order valence-electron chi connectivity index (χ2n) is 6.44. The third-order valence-corrected chi connectivity index (χ3v) is 5.51. The topological polar surface area (TPSA) is 107 Å². The smallest absolute Gasteiger partial charge is 0.344 e. The molecule has 0 bridgehead atoms. The third-order valence-electron chi connectivity index (χ3n) is 4.49. The maximum atomic E-state index is 12.6. The number of aliphatic hydroxyl groups excluding tert-OH is 1. The van der Waals surface area contributed by atoms with Crippen LogP contribution in [0.3, 0.4) is 0 Å². The molecule has 9 heteroatoms. The van der Waals surface area contributed by atoms with Crippen LogP contribution >= 0.6 is 11.8 Å². The number of phenols is 1. The SMILES string of the molecule is CCOC(=O)C1=C(O)/C(=C\c2cc(OC)ccc2O)SC1=Nc1ccc(OC)c(OC)c1. The first-order valence-electron chi connectivity index (χ1n) is 9.60. The first kappa shape index (κ1) is 23.1. The molecule has 2 aromatic rings. The Balaban J connectivity index is 2.08. The number of aliphatic imine (C=N–C) groups is 1. The highest BCUT2D eigenvalue weighted by atomic mass is 32.2. The number of carbonyl (C=O) groups is 1. The molecule has 168 valence electrons. The maximum Gasteiger partial charge on any atom is 0.344 e. The summed E-state index contributed by atoms with van der Waals surface area (Å²) in [5, 5.41) is 21.2. The molecule has 0 radical (unpaired) electrons. The average molecular weight is 458 g/mol. The van der Waals surface area contributed by atoms with E-state index < -0.39 is 5.97 Å². The van der Waals surface area contributed by atoms with E-state index in [0.29, 0.717) is 33.4 Å². The summed E-state index contributed by atoms with van der Waals surface area (Å²) < 4.78 is 20.8. The van der Waals surface area contributed by atoms with Crippen LogP contribution in [0.25, 0.3) is 6.08 Å². The molecule has 0 atom stereocenters. The van der Waals surface area contributed by atoms with Gasteiger partial charge in [0.1, 0.15) is 27.9 Å². The quantitative estimate of drug-likeness (QED) is 0.581. The molecule has 2 N–H and O–H groups in total. The number of rotatable bonds is 7. The molecule has 0 saturated heterocycles. The fourth-order valence-corrected chi connectivity index (χ4v) is 3.95. The van der Waals surface area contributed by atoms with Gasteiger partial charge in [-0.05, 0) is 43.3 Å². The first-order chi connectivity index (χ1) is 15.4. The van der Waals surface area contributed by atoms with Gasteiger partial charge in [0, 0.05) is 11.6 Å². The van der Waals surface area contributed by atoms with Crippen LogP contribution in [0, 0.1) is 0 Å². The van der Waals surface area contributed by atoms with Crippen LogP contribution in [0.4, 0.5) is 5.69 Å². The lowest BCUT2D eigenvalue weighted by atomic mass is 10.1. The van der Waals surface area contributed by atoms with Crippen molar-refractivity contribution in [3.8, 4) is 23.0 Å². The van der Waals surface area contributed by atoms with Crippen LogP contribution in [0.2, 0.25) is 0 Å². The fourth-order valence-electron chi connectivity index (χ4n) is 2.92. The number of esters is 1. The molecule has 3 rings (SSSR count). The highest BCUT2D eigenvalue weighted by molar-refractivity contribution is 8.18. The summed E-state index contributed by atoms with van der Waals surface area (Å²) in [6, 6.07) is 9.76. The van der Waals surface area contributed by atoms with Gasteiger partial charge in [-0.2, -0.15) is 0 Å². The minimum Gasteiger partial charge on any atom is -0.507 e. The Labute approximate surface area is 189 Å². The highest BCUT2D eigenvalue weighted by Gasteiger charge is 2.33. The van der Waals surface area contributed by atoms with Gasteiger partial charge in [-0.25, -0.2) is 9.79 Å². The van der Waals surface area contributed by atoms with Crippen molar-refractivity contribution in [2.75, 3.05) is 27.9 Å². The van der Waals surface area contributed by atoms with Gasteiger partial charge in [-0.15, -0.1) is 0 Å². The molecule has 0 aromatic heterocycles. The Morgan fingerprint density at radius 3 is 2.44 bits per heavy atom. The zero-order chi connectivity index (χ0) is 23.3. The van der Waals surface area contributed by atoms with Crippen LogP contribution in [0.1, 0.15) is 12.5 Å². The number of aromatic hydroxyl groups is 1. The van der Waals surface area contributed by atoms with Crippen LogP contribution in [-0.2, 0) is 9.53 Å². The number of nitrogens with zero attached hydrogens (tertiary/aromatic N) is 1. The van der Waals surface area contributed by atoms with E-state index in [2.05, 4.69) is 4.99 Å².